The number of hydrogen-bond donors (Lipinski definition) is 1. The highest BCUT2D eigenvalue weighted by atomic mass is 15.2. The van der Waals surface area contributed by atoms with E-state index < -0.39 is 6.98 Å². The Morgan fingerprint density at radius 2 is 2.35 bits per heavy atom. The van der Waals surface area contributed by atoms with Crippen LogP contribution < -0.4 is 0 Å². The largest absolute Gasteiger partial charge is 0.279 e. The highest BCUT2D eigenvalue weighted by molar-refractivity contribution is 5.80. The lowest BCUT2D eigenvalue weighted by atomic mass is 10.1. The van der Waals surface area contributed by atoms with Crippen LogP contribution in [0.2, 0.25) is 0 Å². The molecule has 0 aliphatic heterocycles. The van der Waals surface area contributed by atoms with Crippen LogP contribution in [0.15, 0.2) is 42.7 Å². The van der Waals surface area contributed by atoms with Gasteiger partial charge in [-0.2, -0.15) is 10.2 Å². The van der Waals surface area contributed by atoms with Crippen molar-refractivity contribution in [1.29, 1.82) is 0 Å². The maximum absolute atomic E-state index is 7.49. The molecule has 98 valence electrons. The zero-order valence-electron chi connectivity index (χ0n) is 13.5. The summed E-state index contributed by atoms with van der Waals surface area (Å²) in [6.45, 7) is -2.27. The molecule has 0 radical (unpaired) electrons. The molecular weight excluding hydrogens is 250 g/mol. The molecule has 4 rings (SSSR count). The minimum absolute atomic E-state index is 0.598. The van der Waals surface area contributed by atoms with Gasteiger partial charge in [-0.3, -0.25) is 14.8 Å². The van der Waals surface area contributed by atoms with Crippen LogP contribution in [0, 0.1) is 0 Å². The Labute approximate surface area is 119 Å². The molecule has 3 aromatic heterocycles. The molecule has 1 aromatic carbocycles. The standard InChI is InChI=1S/C15H13N5/c1-20-14-5-4-10(7-11(14)9-17-20)8-13-15-12(18-19-13)3-2-6-16-15/h2-7,9H,8H2,1H3,(H,18,19)/i1D3. The van der Waals surface area contributed by atoms with Gasteiger partial charge in [-0.25, -0.2) is 0 Å². The van der Waals surface area contributed by atoms with E-state index >= 15 is 0 Å². The molecule has 0 fully saturated rings. The first-order valence-electron chi connectivity index (χ1n) is 7.77. The first kappa shape index (κ1) is 8.47. The molecular formula is C15H13N5. The smallest absolute Gasteiger partial charge is 0.112 e. The molecule has 5 heteroatoms. The predicted octanol–water partition coefficient (Wildman–Crippen LogP) is 2.44. The summed E-state index contributed by atoms with van der Waals surface area (Å²) in [6, 6.07) is 9.40. The van der Waals surface area contributed by atoms with Gasteiger partial charge in [0.15, 0.2) is 0 Å². The van der Waals surface area contributed by atoms with Crippen molar-refractivity contribution in [3.05, 3.63) is 54.0 Å². The maximum atomic E-state index is 7.49. The van der Waals surface area contributed by atoms with Crippen LogP contribution in [0.25, 0.3) is 21.9 Å². The van der Waals surface area contributed by atoms with Gasteiger partial charge in [-0.15, -0.1) is 0 Å². The van der Waals surface area contributed by atoms with E-state index in [0.717, 1.165) is 32.4 Å². The van der Waals surface area contributed by atoms with E-state index in [2.05, 4.69) is 20.3 Å². The molecule has 0 amide bonds. The topological polar surface area (TPSA) is 59.4 Å². The Bertz CT molecular complexity index is 999. The summed E-state index contributed by atoms with van der Waals surface area (Å²) >= 11 is 0. The number of nitrogens with one attached hydrogen (secondary N) is 1. The summed E-state index contributed by atoms with van der Waals surface area (Å²) in [5.41, 5.74) is 4.26. The van der Waals surface area contributed by atoms with Crippen LogP contribution in [-0.2, 0) is 13.4 Å². The Morgan fingerprint density at radius 3 is 3.30 bits per heavy atom. The zero-order valence-corrected chi connectivity index (χ0v) is 10.5. The van der Waals surface area contributed by atoms with E-state index in [1.165, 1.54) is 0 Å². The van der Waals surface area contributed by atoms with Gasteiger partial charge >= 0.3 is 0 Å². The quantitative estimate of drug-likeness (QED) is 0.606. The number of H-pyrrole nitrogens is 1. The van der Waals surface area contributed by atoms with Crippen LogP contribution >= 0.6 is 0 Å². The molecule has 0 aliphatic carbocycles. The molecule has 0 atom stereocenters. The fourth-order valence-corrected chi connectivity index (χ4v) is 2.42. The maximum Gasteiger partial charge on any atom is 0.112 e. The molecule has 3 heterocycles. The highest BCUT2D eigenvalue weighted by Crippen LogP contribution is 2.19. The average molecular weight is 266 g/mol. The van der Waals surface area contributed by atoms with Crippen molar-refractivity contribution in [2.75, 3.05) is 0 Å². The highest BCUT2D eigenvalue weighted by Gasteiger charge is 2.08. The number of hydrogen-bond acceptors (Lipinski definition) is 3. The zero-order chi connectivity index (χ0) is 16.0. The van der Waals surface area contributed by atoms with Crippen LogP contribution in [0.3, 0.4) is 0 Å². The van der Waals surface area contributed by atoms with Gasteiger partial charge in [-0.05, 0) is 29.8 Å². The SMILES string of the molecule is [2H]C([2H])([2H])n1ncc2cc(Cc3[nH]nc4cccnc34)ccc21. The third kappa shape index (κ3) is 1.67. The molecule has 1 N–H and O–H groups in total. The van der Waals surface area contributed by atoms with Crippen molar-refractivity contribution in [3.8, 4) is 0 Å². The molecule has 0 saturated heterocycles. The van der Waals surface area contributed by atoms with E-state index in [0.29, 0.717) is 11.9 Å². The summed E-state index contributed by atoms with van der Waals surface area (Å²) in [5, 5.41) is 12.0. The Balaban J connectivity index is 1.73. The number of aromatic amines is 1. The molecule has 0 aliphatic rings. The van der Waals surface area contributed by atoms with Crippen molar-refractivity contribution in [3.63, 3.8) is 0 Å². The summed E-state index contributed by atoms with van der Waals surface area (Å²) < 4.78 is 23.5. The molecule has 4 aromatic rings. The van der Waals surface area contributed by atoms with E-state index in [-0.39, 0.29) is 0 Å². The van der Waals surface area contributed by atoms with Crippen LogP contribution in [0.1, 0.15) is 15.4 Å². The summed E-state index contributed by atoms with van der Waals surface area (Å²) in [6.07, 6.45) is 3.96. The van der Waals surface area contributed by atoms with Crippen LogP contribution in [0.5, 0.6) is 0 Å². The fraction of sp³-hybridized carbons (Fsp3) is 0.133. The lowest BCUT2D eigenvalue weighted by Gasteiger charge is -2.01. The molecule has 0 bridgehead atoms. The minimum Gasteiger partial charge on any atom is -0.279 e. The van der Waals surface area contributed by atoms with Gasteiger partial charge in [0.1, 0.15) is 11.0 Å². The van der Waals surface area contributed by atoms with Crippen LogP contribution in [-0.4, -0.2) is 25.0 Å². The third-order valence-corrected chi connectivity index (χ3v) is 3.40. The molecule has 20 heavy (non-hydrogen) atoms. The van der Waals surface area contributed by atoms with E-state index in [9.17, 15) is 0 Å². The number of pyridine rings is 1. The van der Waals surface area contributed by atoms with E-state index in [1.54, 1.807) is 18.5 Å². The fourth-order valence-electron chi connectivity index (χ4n) is 2.42. The van der Waals surface area contributed by atoms with E-state index in [4.69, 9.17) is 4.11 Å². The average Bonchev–Trinajstić information content (AvgIpc) is 3.11. The second-order valence-electron chi connectivity index (χ2n) is 4.70. The van der Waals surface area contributed by atoms with Crippen molar-refractivity contribution in [2.45, 2.75) is 6.42 Å². The van der Waals surface area contributed by atoms with Gasteiger partial charge in [-0.1, -0.05) is 6.07 Å². The first-order valence-corrected chi connectivity index (χ1v) is 6.27. The number of aryl methyl sites for hydroxylation is 1. The molecule has 0 unspecified atom stereocenters. The van der Waals surface area contributed by atoms with E-state index in [1.807, 2.05) is 24.3 Å². The van der Waals surface area contributed by atoms with Gasteiger partial charge < -0.3 is 0 Å². The summed E-state index contributed by atoms with van der Waals surface area (Å²) in [7, 11) is 0. The summed E-state index contributed by atoms with van der Waals surface area (Å²) in [4.78, 5) is 4.35. The predicted molar refractivity (Wildman–Crippen MR) is 77.4 cm³/mol. The number of fused-ring (bicyclic) bond motifs is 2. The number of benzene rings is 1. The Morgan fingerprint density at radius 1 is 1.35 bits per heavy atom. The minimum atomic E-state index is -2.27. The molecule has 0 spiro atoms. The second-order valence-corrected chi connectivity index (χ2v) is 4.70. The van der Waals surface area contributed by atoms with Crippen LogP contribution in [0.4, 0.5) is 0 Å². The lowest BCUT2D eigenvalue weighted by Crippen LogP contribution is -1.92. The normalized spacial score (nSPS) is 14.3. The number of aromatic nitrogens is 5. The Hall–Kier alpha value is -2.69. The van der Waals surface area contributed by atoms with Crippen molar-refractivity contribution in [1.82, 2.24) is 25.0 Å². The van der Waals surface area contributed by atoms with Gasteiger partial charge in [0.2, 0.25) is 0 Å². The van der Waals surface area contributed by atoms with Gasteiger partial charge in [0, 0.05) is 29.1 Å². The van der Waals surface area contributed by atoms with Crippen molar-refractivity contribution >= 4 is 21.9 Å². The summed E-state index contributed by atoms with van der Waals surface area (Å²) in [5.74, 6) is 0. The third-order valence-electron chi connectivity index (χ3n) is 3.40. The number of rotatable bonds is 2. The monoisotopic (exact) mass is 266 g/mol. The lowest BCUT2D eigenvalue weighted by molar-refractivity contribution is 0.797. The second kappa shape index (κ2) is 4.16. The molecule has 5 nitrogen and oxygen atoms in total. The molecule has 0 saturated carbocycles. The van der Waals surface area contributed by atoms with Gasteiger partial charge in [0.25, 0.3) is 0 Å². The Kier molecular flexibility index (Phi) is 1.76. The van der Waals surface area contributed by atoms with Gasteiger partial charge in [0.05, 0.1) is 17.4 Å². The van der Waals surface area contributed by atoms with Crippen molar-refractivity contribution in [2.24, 2.45) is 6.98 Å². The van der Waals surface area contributed by atoms with Crippen molar-refractivity contribution < 1.29 is 4.11 Å². The number of nitrogens with zero attached hydrogens (tertiary/aromatic N) is 4. The first-order chi connectivity index (χ1) is 11.0.